The van der Waals surface area contributed by atoms with Crippen molar-refractivity contribution in [3.63, 3.8) is 0 Å². The van der Waals surface area contributed by atoms with E-state index in [1.165, 1.54) is 4.88 Å². The fourth-order valence-corrected chi connectivity index (χ4v) is 3.89. The van der Waals surface area contributed by atoms with E-state index in [0.29, 0.717) is 5.92 Å². The molecular formula is C17H30ClIN4OS. The highest BCUT2D eigenvalue weighted by Crippen LogP contribution is 2.21. The van der Waals surface area contributed by atoms with E-state index in [9.17, 15) is 0 Å². The first-order valence-corrected chi connectivity index (χ1v) is 9.79. The molecule has 1 aliphatic heterocycles. The van der Waals surface area contributed by atoms with Gasteiger partial charge in [-0.15, -0.1) is 35.3 Å². The largest absolute Gasteiger partial charge is 0.374 e. The number of nitrogens with one attached hydrogen (secondary N) is 2. The smallest absolute Gasteiger partial charge is 0.191 e. The maximum absolute atomic E-state index is 5.95. The Morgan fingerprint density at radius 3 is 2.88 bits per heavy atom. The Bertz CT molecular complexity index is 527. The molecule has 1 aromatic heterocycles. The van der Waals surface area contributed by atoms with Crippen molar-refractivity contribution >= 4 is 52.9 Å². The molecule has 1 aromatic rings. The molecule has 0 amide bonds. The number of hydrogen-bond acceptors (Lipinski definition) is 4. The predicted molar refractivity (Wildman–Crippen MR) is 119 cm³/mol. The minimum absolute atomic E-state index is 0. The van der Waals surface area contributed by atoms with Crippen molar-refractivity contribution in [2.45, 2.75) is 26.4 Å². The van der Waals surface area contributed by atoms with E-state index >= 15 is 0 Å². The number of guanidine groups is 1. The fourth-order valence-electron chi connectivity index (χ4n) is 2.81. The summed E-state index contributed by atoms with van der Waals surface area (Å²) in [5.41, 5.74) is 0. The molecular weight excluding hydrogens is 471 g/mol. The van der Waals surface area contributed by atoms with Gasteiger partial charge in [0.05, 0.1) is 17.0 Å². The van der Waals surface area contributed by atoms with Crippen LogP contribution in [0.2, 0.25) is 4.34 Å². The van der Waals surface area contributed by atoms with Crippen LogP contribution < -0.4 is 10.6 Å². The molecule has 2 heterocycles. The zero-order chi connectivity index (χ0) is 17.4. The molecule has 25 heavy (non-hydrogen) atoms. The van der Waals surface area contributed by atoms with Gasteiger partial charge in [0.1, 0.15) is 0 Å². The van der Waals surface area contributed by atoms with Crippen LogP contribution in [0.5, 0.6) is 0 Å². The van der Waals surface area contributed by atoms with Crippen LogP contribution in [0.25, 0.3) is 0 Å². The topological polar surface area (TPSA) is 48.9 Å². The Morgan fingerprint density at radius 1 is 1.44 bits per heavy atom. The van der Waals surface area contributed by atoms with Crippen molar-refractivity contribution < 1.29 is 4.74 Å². The molecule has 1 saturated heterocycles. The van der Waals surface area contributed by atoms with Crippen LogP contribution in [-0.2, 0) is 11.2 Å². The molecule has 1 unspecified atom stereocenters. The maximum atomic E-state index is 5.95. The molecule has 5 nitrogen and oxygen atoms in total. The van der Waals surface area contributed by atoms with E-state index in [2.05, 4.69) is 40.4 Å². The monoisotopic (exact) mass is 500 g/mol. The van der Waals surface area contributed by atoms with Gasteiger partial charge in [-0.1, -0.05) is 25.4 Å². The zero-order valence-corrected chi connectivity index (χ0v) is 19.2. The summed E-state index contributed by atoms with van der Waals surface area (Å²) < 4.78 is 6.70. The lowest BCUT2D eigenvalue weighted by atomic mass is 10.2. The first kappa shape index (κ1) is 23.0. The van der Waals surface area contributed by atoms with Crippen molar-refractivity contribution in [2.75, 3.05) is 46.4 Å². The minimum Gasteiger partial charge on any atom is -0.374 e. The maximum Gasteiger partial charge on any atom is 0.191 e. The van der Waals surface area contributed by atoms with E-state index in [0.717, 1.165) is 56.0 Å². The van der Waals surface area contributed by atoms with Crippen LogP contribution in [0.15, 0.2) is 17.1 Å². The lowest BCUT2D eigenvalue weighted by Gasteiger charge is -2.34. The number of hydrogen-bond donors (Lipinski definition) is 2. The minimum atomic E-state index is 0. The SMILES string of the molecule is CN=C(NCCc1ccc(Cl)s1)NCC1CN(CC(C)C)CCO1.I. The van der Waals surface area contributed by atoms with Crippen LogP contribution >= 0.6 is 46.9 Å². The van der Waals surface area contributed by atoms with Crippen LogP contribution in [0.3, 0.4) is 0 Å². The predicted octanol–water partition coefficient (Wildman–Crippen LogP) is 3.08. The van der Waals surface area contributed by atoms with E-state index in [1.807, 2.05) is 6.07 Å². The molecule has 2 N–H and O–H groups in total. The average Bonchev–Trinajstić information content (AvgIpc) is 2.96. The highest BCUT2D eigenvalue weighted by molar-refractivity contribution is 14.0. The molecule has 2 rings (SSSR count). The molecule has 1 atom stereocenters. The second-order valence-corrected chi connectivity index (χ2v) is 8.28. The van der Waals surface area contributed by atoms with Gasteiger partial charge >= 0.3 is 0 Å². The quantitative estimate of drug-likeness (QED) is 0.343. The zero-order valence-electron chi connectivity index (χ0n) is 15.3. The van der Waals surface area contributed by atoms with E-state index in [-0.39, 0.29) is 30.1 Å². The fraction of sp³-hybridized carbons (Fsp3) is 0.706. The van der Waals surface area contributed by atoms with Gasteiger partial charge in [0.2, 0.25) is 0 Å². The van der Waals surface area contributed by atoms with E-state index in [4.69, 9.17) is 16.3 Å². The first-order chi connectivity index (χ1) is 11.6. The van der Waals surface area contributed by atoms with Gasteiger partial charge in [0.15, 0.2) is 5.96 Å². The summed E-state index contributed by atoms with van der Waals surface area (Å²) in [4.78, 5) is 8.04. The highest BCUT2D eigenvalue weighted by atomic mass is 127. The van der Waals surface area contributed by atoms with Crippen molar-refractivity contribution in [2.24, 2.45) is 10.9 Å². The summed E-state index contributed by atoms with van der Waals surface area (Å²) in [6.45, 7) is 10.1. The second-order valence-electron chi connectivity index (χ2n) is 6.48. The van der Waals surface area contributed by atoms with E-state index < -0.39 is 0 Å². The second kappa shape index (κ2) is 12.3. The van der Waals surface area contributed by atoms with Gasteiger partial charge < -0.3 is 15.4 Å². The van der Waals surface area contributed by atoms with Crippen molar-refractivity contribution in [3.05, 3.63) is 21.3 Å². The third-order valence-corrected chi connectivity index (χ3v) is 5.15. The Labute approximate surface area is 177 Å². The van der Waals surface area contributed by atoms with Gasteiger partial charge in [-0.2, -0.15) is 0 Å². The van der Waals surface area contributed by atoms with Crippen LogP contribution in [0.4, 0.5) is 0 Å². The van der Waals surface area contributed by atoms with Crippen LogP contribution in [-0.4, -0.2) is 63.3 Å². The van der Waals surface area contributed by atoms with Gasteiger partial charge in [0, 0.05) is 44.6 Å². The van der Waals surface area contributed by atoms with Gasteiger partial charge in [-0.3, -0.25) is 9.89 Å². The summed E-state index contributed by atoms with van der Waals surface area (Å²) in [7, 11) is 1.80. The number of ether oxygens (including phenoxy) is 1. The lowest BCUT2D eigenvalue weighted by Crippen LogP contribution is -2.50. The Hall–Kier alpha value is -0.0900. The normalized spacial score (nSPS) is 18.9. The van der Waals surface area contributed by atoms with Gasteiger partial charge in [-0.05, 0) is 24.5 Å². The molecule has 0 saturated carbocycles. The third-order valence-electron chi connectivity index (χ3n) is 3.86. The number of morpholine rings is 1. The third kappa shape index (κ3) is 8.90. The number of thiophene rings is 1. The molecule has 8 heteroatoms. The molecule has 1 aliphatic rings. The van der Waals surface area contributed by atoms with Crippen molar-refractivity contribution in [3.8, 4) is 0 Å². The summed E-state index contributed by atoms with van der Waals surface area (Å²) in [6, 6.07) is 4.02. The Balaban J connectivity index is 0.00000312. The lowest BCUT2D eigenvalue weighted by molar-refractivity contribution is -0.0284. The van der Waals surface area contributed by atoms with Crippen LogP contribution in [0, 0.1) is 5.92 Å². The average molecular weight is 501 g/mol. The Kier molecular flexibility index (Phi) is 11.3. The summed E-state index contributed by atoms with van der Waals surface area (Å²) in [5.74, 6) is 1.51. The number of rotatable bonds is 7. The molecule has 0 spiro atoms. The Morgan fingerprint density at radius 2 is 2.24 bits per heavy atom. The molecule has 0 aromatic carbocycles. The molecule has 0 aliphatic carbocycles. The van der Waals surface area contributed by atoms with Crippen molar-refractivity contribution in [1.82, 2.24) is 15.5 Å². The summed E-state index contributed by atoms with van der Waals surface area (Å²) in [5, 5.41) is 6.71. The summed E-state index contributed by atoms with van der Waals surface area (Å²) in [6.07, 6.45) is 1.16. The highest BCUT2D eigenvalue weighted by Gasteiger charge is 2.20. The van der Waals surface area contributed by atoms with Crippen molar-refractivity contribution in [1.29, 1.82) is 0 Å². The van der Waals surface area contributed by atoms with Crippen LogP contribution in [0.1, 0.15) is 18.7 Å². The molecule has 1 fully saturated rings. The van der Waals surface area contributed by atoms with E-state index in [1.54, 1.807) is 18.4 Å². The number of nitrogens with zero attached hydrogens (tertiary/aromatic N) is 2. The molecule has 144 valence electrons. The first-order valence-electron chi connectivity index (χ1n) is 8.59. The standard InChI is InChI=1S/C17H29ClN4OS.HI/c1-13(2)11-22-8-9-23-14(12-22)10-21-17(19-3)20-7-6-15-4-5-16(18)24-15;/h4-5,13-14H,6-12H2,1-3H3,(H2,19,20,21);1H. The molecule has 0 radical (unpaired) electrons. The summed E-state index contributed by atoms with van der Waals surface area (Å²) >= 11 is 7.58. The van der Waals surface area contributed by atoms with Gasteiger partial charge in [-0.25, -0.2) is 0 Å². The molecule has 0 bridgehead atoms. The number of halogens is 2. The number of aliphatic imine (C=N–C) groups is 1. The van der Waals surface area contributed by atoms with Gasteiger partial charge in [0.25, 0.3) is 0 Å².